The predicted molar refractivity (Wildman–Crippen MR) is 140 cm³/mol. The van der Waals surface area contributed by atoms with E-state index < -0.39 is 5.97 Å². The van der Waals surface area contributed by atoms with E-state index in [0.29, 0.717) is 34.4 Å². The van der Waals surface area contributed by atoms with Crippen LogP contribution < -0.4 is 15.8 Å². The molecule has 0 bridgehead atoms. The van der Waals surface area contributed by atoms with Crippen LogP contribution >= 0.6 is 0 Å². The summed E-state index contributed by atoms with van der Waals surface area (Å²) in [5.41, 5.74) is 10.9. The summed E-state index contributed by atoms with van der Waals surface area (Å²) in [5, 5.41) is 21.4. The summed E-state index contributed by atoms with van der Waals surface area (Å²) < 4.78 is 7.34. The van der Waals surface area contributed by atoms with E-state index in [1.807, 2.05) is 31.2 Å². The van der Waals surface area contributed by atoms with Crippen LogP contribution in [0.2, 0.25) is 0 Å². The first-order valence-corrected chi connectivity index (χ1v) is 11.5. The second-order valence-corrected chi connectivity index (χ2v) is 8.43. The number of benzene rings is 3. The molecule has 36 heavy (non-hydrogen) atoms. The van der Waals surface area contributed by atoms with Crippen LogP contribution in [0.4, 0.5) is 0 Å². The van der Waals surface area contributed by atoms with Crippen molar-refractivity contribution in [1.29, 1.82) is 5.41 Å². The summed E-state index contributed by atoms with van der Waals surface area (Å²) in [7, 11) is 3.04. The third-order valence-electron chi connectivity index (χ3n) is 6.34. The molecule has 0 aliphatic carbocycles. The number of nitrogens with one attached hydrogen (secondary N) is 2. The van der Waals surface area contributed by atoms with Crippen LogP contribution in [0.25, 0.3) is 22.0 Å². The second-order valence-electron chi connectivity index (χ2n) is 8.43. The van der Waals surface area contributed by atoms with Crippen molar-refractivity contribution >= 4 is 28.6 Å². The van der Waals surface area contributed by atoms with E-state index in [2.05, 4.69) is 16.1 Å². The normalized spacial score (nSPS) is 10.9. The Hall–Kier alpha value is -4.59. The Bertz CT molecular complexity index is 1500. The third-order valence-corrected chi connectivity index (χ3v) is 6.34. The monoisotopic (exact) mass is 484 g/mol. The quantitative estimate of drug-likeness (QED) is 0.219. The van der Waals surface area contributed by atoms with Gasteiger partial charge in [0.25, 0.3) is 5.91 Å². The maximum absolute atomic E-state index is 12.4. The maximum atomic E-state index is 12.4. The fraction of sp³-hybridized carbons (Fsp3) is 0.179. The van der Waals surface area contributed by atoms with Crippen molar-refractivity contribution in [1.82, 2.24) is 9.88 Å². The van der Waals surface area contributed by atoms with Crippen LogP contribution in [0.3, 0.4) is 0 Å². The Morgan fingerprint density at radius 2 is 1.78 bits per heavy atom. The number of carboxylic acids is 1. The first-order chi connectivity index (χ1) is 17.3. The highest BCUT2D eigenvalue weighted by atomic mass is 16.5. The molecule has 1 aromatic heterocycles. The molecule has 0 radical (unpaired) electrons. The van der Waals surface area contributed by atoms with Crippen molar-refractivity contribution in [3.63, 3.8) is 0 Å². The van der Waals surface area contributed by atoms with Gasteiger partial charge in [0.05, 0.1) is 12.7 Å². The summed E-state index contributed by atoms with van der Waals surface area (Å²) in [6.07, 6.45) is 2.58. The van der Waals surface area contributed by atoms with Gasteiger partial charge in [0.1, 0.15) is 11.6 Å². The Kier molecular flexibility index (Phi) is 6.78. The van der Waals surface area contributed by atoms with Crippen LogP contribution in [0.5, 0.6) is 5.75 Å². The zero-order valence-electron chi connectivity index (χ0n) is 20.4. The SMILES string of the molecule is CCn1cc(Cc2ccc(C(=O)NC)cc2-c2ccc(OC)cc2C(=O)O)c2ccc(C(=N)N)cc21. The molecule has 8 heteroatoms. The lowest BCUT2D eigenvalue weighted by atomic mass is 9.90. The molecule has 8 nitrogen and oxygen atoms in total. The van der Waals surface area contributed by atoms with E-state index in [0.717, 1.165) is 28.6 Å². The molecular weight excluding hydrogens is 456 g/mol. The highest BCUT2D eigenvalue weighted by Crippen LogP contribution is 2.34. The number of carboxylic acid groups (broad SMARTS) is 1. The Labute approximate surface area is 208 Å². The molecule has 0 aliphatic heterocycles. The van der Waals surface area contributed by atoms with Gasteiger partial charge in [-0.25, -0.2) is 4.79 Å². The minimum absolute atomic E-state index is 0.00934. The number of aryl methyl sites for hydroxylation is 1. The van der Waals surface area contributed by atoms with Gasteiger partial charge in [-0.05, 0) is 65.6 Å². The second kappa shape index (κ2) is 9.95. The number of carbonyl (C=O) groups excluding carboxylic acids is 1. The number of nitrogens with two attached hydrogens (primary N) is 1. The highest BCUT2D eigenvalue weighted by molar-refractivity contribution is 6.01. The molecule has 0 spiro atoms. The summed E-state index contributed by atoms with van der Waals surface area (Å²) in [5.74, 6) is -0.894. The number of methoxy groups -OCH3 is 1. The number of fused-ring (bicyclic) bond motifs is 1. The number of hydrogen-bond donors (Lipinski definition) is 4. The lowest BCUT2D eigenvalue weighted by molar-refractivity contribution is 0.0697. The number of rotatable bonds is 8. The molecule has 1 heterocycles. The molecule has 0 aliphatic rings. The van der Waals surface area contributed by atoms with Crippen molar-refractivity contribution < 1.29 is 19.4 Å². The number of aromatic nitrogens is 1. The first kappa shape index (κ1) is 24.5. The van der Waals surface area contributed by atoms with Gasteiger partial charge >= 0.3 is 5.97 Å². The standard InChI is InChI=1S/C28H28N4O4/c1-4-32-15-19(21-9-7-17(26(29)30)13-25(21)32)11-16-5-6-18(27(33)31-2)12-23(16)22-10-8-20(36-3)14-24(22)28(34)35/h5-10,12-15H,4,11H2,1-3H3,(H3,29,30)(H,31,33)(H,34,35). The van der Waals surface area contributed by atoms with E-state index in [1.54, 1.807) is 31.3 Å². The first-order valence-electron chi connectivity index (χ1n) is 11.5. The van der Waals surface area contributed by atoms with Crippen molar-refractivity contribution in [2.24, 2.45) is 5.73 Å². The Balaban J connectivity index is 1.91. The van der Waals surface area contributed by atoms with Crippen molar-refractivity contribution in [2.75, 3.05) is 14.2 Å². The van der Waals surface area contributed by atoms with Gasteiger partial charge in [-0.3, -0.25) is 10.2 Å². The van der Waals surface area contributed by atoms with E-state index in [9.17, 15) is 14.7 Å². The number of nitrogen functional groups attached to an aromatic ring is 1. The van der Waals surface area contributed by atoms with Crippen LogP contribution in [0, 0.1) is 5.41 Å². The van der Waals surface area contributed by atoms with Crippen LogP contribution in [-0.4, -0.2) is 41.5 Å². The summed E-state index contributed by atoms with van der Waals surface area (Å²) in [4.78, 5) is 24.6. The van der Waals surface area contributed by atoms with Crippen LogP contribution in [0.1, 0.15) is 44.3 Å². The maximum Gasteiger partial charge on any atom is 0.336 e. The summed E-state index contributed by atoms with van der Waals surface area (Å²) in [6, 6.07) is 16.0. The molecule has 4 aromatic rings. The topological polar surface area (TPSA) is 130 Å². The smallest absolute Gasteiger partial charge is 0.336 e. The average Bonchev–Trinajstić information content (AvgIpc) is 3.24. The van der Waals surface area contributed by atoms with E-state index in [1.165, 1.54) is 13.2 Å². The molecular formula is C28H28N4O4. The average molecular weight is 485 g/mol. The molecule has 1 amide bonds. The molecule has 0 unspecified atom stereocenters. The number of amidine groups is 1. The number of hydrogen-bond acceptors (Lipinski definition) is 4. The van der Waals surface area contributed by atoms with Crippen molar-refractivity contribution in [3.05, 3.63) is 88.6 Å². The predicted octanol–water partition coefficient (Wildman–Crippen LogP) is 4.27. The van der Waals surface area contributed by atoms with Gasteiger partial charge in [0, 0.05) is 48.2 Å². The number of carbonyl (C=O) groups is 2. The van der Waals surface area contributed by atoms with Crippen LogP contribution in [-0.2, 0) is 13.0 Å². The van der Waals surface area contributed by atoms with Gasteiger partial charge in [-0.2, -0.15) is 0 Å². The van der Waals surface area contributed by atoms with Gasteiger partial charge in [0.15, 0.2) is 0 Å². The van der Waals surface area contributed by atoms with Crippen molar-refractivity contribution in [3.8, 4) is 16.9 Å². The van der Waals surface area contributed by atoms with E-state index in [4.69, 9.17) is 15.9 Å². The summed E-state index contributed by atoms with van der Waals surface area (Å²) >= 11 is 0. The number of ether oxygens (including phenoxy) is 1. The highest BCUT2D eigenvalue weighted by Gasteiger charge is 2.19. The zero-order valence-corrected chi connectivity index (χ0v) is 20.4. The van der Waals surface area contributed by atoms with Gasteiger partial charge < -0.3 is 25.5 Å². The molecule has 5 N–H and O–H groups in total. The van der Waals surface area contributed by atoms with E-state index >= 15 is 0 Å². The van der Waals surface area contributed by atoms with Crippen LogP contribution in [0.15, 0.2) is 60.8 Å². The number of nitrogens with zero attached hydrogens (tertiary/aromatic N) is 1. The fourth-order valence-electron chi connectivity index (χ4n) is 4.47. The molecule has 0 saturated carbocycles. The molecule has 0 atom stereocenters. The largest absolute Gasteiger partial charge is 0.497 e. The third kappa shape index (κ3) is 4.53. The number of aromatic carboxylic acids is 1. The number of amides is 1. The fourth-order valence-corrected chi connectivity index (χ4v) is 4.47. The molecule has 4 rings (SSSR count). The van der Waals surface area contributed by atoms with Gasteiger partial charge in [0.2, 0.25) is 0 Å². The molecule has 0 fully saturated rings. The minimum atomic E-state index is -1.08. The van der Waals surface area contributed by atoms with Gasteiger partial charge in [-0.1, -0.05) is 18.2 Å². The van der Waals surface area contributed by atoms with Gasteiger partial charge in [-0.15, -0.1) is 0 Å². The van der Waals surface area contributed by atoms with E-state index in [-0.39, 0.29) is 17.3 Å². The minimum Gasteiger partial charge on any atom is -0.497 e. The van der Waals surface area contributed by atoms with Crippen molar-refractivity contribution in [2.45, 2.75) is 19.9 Å². The lowest BCUT2D eigenvalue weighted by Gasteiger charge is -2.15. The Morgan fingerprint density at radius 3 is 2.42 bits per heavy atom. The molecule has 184 valence electrons. The molecule has 3 aromatic carbocycles. The summed E-state index contributed by atoms with van der Waals surface area (Å²) in [6.45, 7) is 2.78. The lowest BCUT2D eigenvalue weighted by Crippen LogP contribution is -2.18. The Morgan fingerprint density at radius 1 is 1.03 bits per heavy atom. The zero-order chi connectivity index (χ0) is 26.0. The molecule has 0 saturated heterocycles.